The topological polar surface area (TPSA) is 59.7 Å². The van der Waals surface area contributed by atoms with Gasteiger partial charge in [-0.15, -0.1) is 0 Å². The molecule has 1 heterocycles. The lowest BCUT2D eigenvalue weighted by Gasteiger charge is -2.36. The molecule has 1 aromatic carbocycles. The number of aliphatic hydroxyl groups is 1. The molecular weight excluding hydrogens is 323 g/mol. The quantitative estimate of drug-likeness (QED) is 0.885. The third-order valence-corrected chi connectivity index (χ3v) is 4.12. The normalized spacial score (nSPS) is 17.6. The minimum atomic E-state index is -4.80. The van der Waals surface area contributed by atoms with E-state index in [2.05, 4.69) is 4.90 Å². The molecule has 1 unspecified atom stereocenters. The SMILES string of the molecule is COCCN1CCN(c2cccc(C(O)C(F)(F)F)c2C#N)CC1. The number of rotatable bonds is 5. The molecule has 0 saturated carbocycles. The summed E-state index contributed by atoms with van der Waals surface area (Å²) < 4.78 is 43.4. The Hall–Kier alpha value is -1.82. The van der Waals surface area contributed by atoms with Gasteiger partial charge in [-0.05, 0) is 6.07 Å². The van der Waals surface area contributed by atoms with Crippen LogP contribution in [0.3, 0.4) is 0 Å². The Morgan fingerprint density at radius 1 is 1.29 bits per heavy atom. The van der Waals surface area contributed by atoms with E-state index in [1.807, 2.05) is 11.0 Å². The lowest BCUT2D eigenvalue weighted by atomic mass is 10.00. The minimum Gasteiger partial charge on any atom is -0.383 e. The number of anilines is 1. The largest absolute Gasteiger partial charge is 0.418 e. The fourth-order valence-electron chi connectivity index (χ4n) is 2.78. The van der Waals surface area contributed by atoms with Gasteiger partial charge in [0.2, 0.25) is 0 Å². The van der Waals surface area contributed by atoms with E-state index in [-0.39, 0.29) is 5.56 Å². The summed E-state index contributed by atoms with van der Waals surface area (Å²) in [6.45, 7) is 4.09. The molecular formula is C16H20F3N3O2. The summed E-state index contributed by atoms with van der Waals surface area (Å²) in [7, 11) is 1.63. The molecule has 0 aliphatic carbocycles. The molecule has 1 fully saturated rings. The van der Waals surface area contributed by atoms with E-state index in [1.54, 1.807) is 13.2 Å². The molecule has 0 radical (unpaired) electrons. The van der Waals surface area contributed by atoms with Crippen LogP contribution in [0.5, 0.6) is 0 Å². The van der Waals surface area contributed by atoms with Crippen LogP contribution in [0.4, 0.5) is 18.9 Å². The van der Waals surface area contributed by atoms with Gasteiger partial charge in [0, 0.05) is 45.4 Å². The van der Waals surface area contributed by atoms with Crippen LogP contribution in [-0.4, -0.2) is 62.6 Å². The van der Waals surface area contributed by atoms with E-state index >= 15 is 0 Å². The Morgan fingerprint density at radius 3 is 2.50 bits per heavy atom. The molecule has 24 heavy (non-hydrogen) atoms. The molecule has 1 aliphatic heterocycles. The maximum atomic E-state index is 12.8. The zero-order valence-electron chi connectivity index (χ0n) is 13.4. The number of nitrogens with zero attached hydrogens (tertiary/aromatic N) is 3. The Labute approximate surface area is 138 Å². The van der Waals surface area contributed by atoms with Crippen LogP contribution in [0.1, 0.15) is 17.2 Å². The lowest BCUT2D eigenvalue weighted by molar-refractivity contribution is -0.206. The van der Waals surface area contributed by atoms with Crippen molar-refractivity contribution >= 4 is 5.69 Å². The predicted octanol–water partition coefficient (Wildman–Crippen LogP) is 1.92. The van der Waals surface area contributed by atoms with Gasteiger partial charge in [0.15, 0.2) is 6.10 Å². The Bertz CT molecular complexity index is 593. The third kappa shape index (κ3) is 4.17. The van der Waals surface area contributed by atoms with Gasteiger partial charge >= 0.3 is 6.18 Å². The van der Waals surface area contributed by atoms with Crippen LogP contribution in [0.2, 0.25) is 0 Å². The Kier molecular flexibility index (Phi) is 6.04. The average Bonchev–Trinajstić information content (AvgIpc) is 2.58. The van der Waals surface area contributed by atoms with E-state index in [4.69, 9.17) is 4.74 Å². The van der Waals surface area contributed by atoms with Crippen molar-refractivity contribution in [2.24, 2.45) is 0 Å². The molecule has 1 saturated heterocycles. The van der Waals surface area contributed by atoms with Gasteiger partial charge in [0.1, 0.15) is 6.07 Å². The van der Waals surface area contributed by atoms with Crippen molar-refractivity contribution in [2.75, 3.05) is 51.3 Å². The van der Waals surface area contributed by atoms with Crippen LogP contribution in [0.25, 0.3) is 0 Å². The fourth-order valence-corrected chi connectivity index (χ4v) is 2.78. The highest BCUT2D eigenvalue weighted by Crippen LogP contribution is 2.37. The van der Waals surface area contributed by atoms with Crippen LogP contribution in [0.15, 0.2) is 18.2 Å². The first-order valence-electron chi connectivity index (χ1n) is 7.62. The second-order valence-electron chi connectivity index (χ2n) is 5.62. The summed E-state index contributed by atoms with van der Waals surface area (Å²) in [6.07, 6.45) is -7.46. The number of hydrogen-bond donors (Lipinski definition) is 1. The molecule has 1 aliphatic rings. The molecule has 1 N–H and O–H groups in total. The van der Waals surface area contributed by atoms with Gasteiger partial charge in [-0.25, -0.2) is 0 Å². The van der Waals surface area contributed by atoms with Crippen LogP contribution in [-0.2, 0) is 4.74 Å². The maximum absolute atomic E-state index is 12.8. The summed E-state index contributed by atoms with van der Waals surface area (Å²) in [5, 5.41) is 18.8. The number of benzene rings is 1. The maximum Gasteiger partial charge on any atom is 0.418 e. The third-order valence-electron chi connectivity index (χ3n) is 4.12. The molecule has 1 atom stereocenters. The number of piperazine rings is 1. The van der Waals surface area contributed by atoms with E-state index < -0.39 is 17.8 Å². The smallest absolute Gasteiger partial charge is 0.383 e. The first-order chi connectivity index (χ1) is 11.4. The monoisotopic (exact) mass is 343 g/mol. The molecule has 8 heteroatoms. The number of alkyl halides is 3. The van der Waals surface area contributed by atoms with E-state index in [0.717, 1.165) is 25.7 Å². The van der Waals surface area contributed by atoms with Gasteiger partial charge in [-0.3, -0.25) is 4.90 Å². The molecule has 0 aromatic heterocycles. The van der Waals surface area contributed by atoms with Crippen LogP contribution < -0.4 is 4.90 Å². The number of halogens is 3. The number of ether oxygens (including phenoxy) is 1. The summed E-state index contributed by atoms with van der Waals surface area (Å²) in [4.78, 5) is 4.08. The minimum absolute atomic E-state index is 0.118. The first-order valence-corrected chi connectivity index (χ1v) is 7.62. The summed E-state index contributed by atoms with van der Waals surface area (Å²) in [6, 6.07) is 6.04. The van der Waals surface area contributed by atoms with Crippen molar-refractivity contribution < 1.29 is 23.0 Å². The molecule has 5 nitrogen and oxygen atoms in total. The number of methoxy groups -OCH3 is 1. The molecule has 0 spiro atoms. The summed E-state index contributed by atoms with van der Waals surface area (Å²) >= 11 is 0. The standard InChI is InChI=1S/C16H20F3N3O2/c1-24-10-9-21-5-7-22(8-6-21)14-4-2-3-12(13(14)11-20)15(23)16(17,18)19/h2-4,15,23H,5-10H2,1H3. The molecule has 132 valence electrons. The van der Waals surface area contributed by atoms with Crippen molar-refractivity contribution in [2.45, 2.75) is 12.3 Å². The summed E-state index contributed by atoms with van der Waals surface area (Å²) in [5.74, 6) is 0. The lowest BCUT2D eigenvalue weighted by Crippen LogP contribution is -2.47. The van der Waals surface area contributed by atoms with Gasteiger partial charge in [-0.2, -0.15) is 18.4 Å². The van der Waals surface area contributed by atoms with Gasteiger partial charge in [0.25, 0.3) is 0 Å². The van der Waals surface area contributed by atoms with Crippen LogP contribution >= 0.6 is 0 Å². The van der Waals surface area contributed by atoms with E-state index in [1.165, 1.54) is 6.07 Å². The molecule has 2 rings (SSSR count). The molecule has 0 amide bonds. The highest BCUT2D eigenvalue weighted by Gasteiger charge is 2.41. The first kappa shape index (κ1) is 18.5. The average molecular weight is 343 g/mol. The van der Waals surface area contributed by atoms with Crippen molar-refractivity contribution in [3.8, 4) is 6.07 Å². The van der Waals surface area contributed by atoms with Crippen molar-refractivity contribution in [3.63, 3.8) is 0 Å². The number of aliphatic hydroxyl groups excluding tert-OH is 1. The van der Waals surface area contributed by atoms with Gasteiger partial charge in [0.05, 0.1) is 17.9 Å². The van der Waals surface area contributed by atoms with Crippen LogP contribution in [0, 0.1) is 11.3 Å². The zero-order valence-corrected chi connectivity index (χ0v) is 13.4. The Balaban J connectivity index is 2.19. The molecule has 0 bridgehead atoms. The van der Waals surface area contributed by atoms with Gasteiger partial charge < -0.3 is 14.7 Å². The zero-order chi connectivity index (χ0) is 17.7. The fraction of sp³-hybridized carbons (Fsp3) is 0.562. The highest BCUT2D eigenvalue weighted by molar-refractivity contribution is 5.63. The van der Waals surface area contributed by atoms with E-state index in [9.17, 15) is 23.5 Å². The van der Waals surface area contributed by atoms with Crippen molar-refractivity contribution in [1.29, 1.82) is 5.26 Å². The van der Waals surface area contributed by atoms with E-state index in [0.29, 0.717) is 25.4 Å². The number of nitriles is 1. The Morgan fingerprint density at radius 2 is 1.96 bits per heavy atom. The number of hydrogen-bond acceptors (Lipinski definition) is 5. The summed E-state index contributed by atoms with van der Waals surface area (Å²) in [5.41, 5.74) is -0.0818. The molecule has 1 aromatic rings. The second kappa shape index (κ2) is 7.83. The highest BCUT2D eigenvalue weighted by atomic mass is 19.4. The second-order valence-corrected chi connectivity index (χ2v) is 5.62. The van der Waals surface area contributed by atoms with Gasteiger partial charge in [-0.1, -0.05) is 12.1 Å². The van der Waals surface area contributed by atoms with Crippen molar-refractivity contribution in [3.05, 3.63) is 29.3 Å². The predicted molar refractivity (Wildman–Crippen MR) is 82.7 cm³/mol. The van der Waals surface area contributed by atoms with Crippen molar-refractivity contribution in [1.82, 2.24) is 4.90 Å².